The second-order valence-corrected chi connectivity index (χ2v) is 6.42. The summed E-state index contributed by atoms with van der Waals surface area (Å²) in [6.07, 6.45) is 0. The predicted molar refractivity (Wildman–Crippen MR) is 101 cm³/mol. The molecule has 3 aromatic carbocycles. The highest BCUT2D eigenvalue weighted by molar-refractivity contribution is 6.26. The van der Waals surface area contributed by atoms with E-state index in [0.29, 0.717) is 22.4 Å². The maximum atomic E-state index is 13.3. The zero-order chi connectivity index (χ0) is 19.0. The summed E-state index contributed by atoms with van der Waals surface area (Å²) < 4.78 is 5.04. The summed E-state index contributed by atoms with van der Waals surface area (Å²) in [5.41, 5.74) is 3.18. The van der Waals surface area contributed by atoms with E-state index in [1.54, 1.807) is 48.5 Å². The molecule has 4 nitrogen and oxygen atoms in total. The van der Waals surface area contributed by atoms with Gasteiger partial charge in [0.25, 0.3) is 0 Å². The lowest BCUT2D eigenvalue weighted by Gasteiger charge is -2.14. The summed E-state index contributed by atoms with van der Waals surface area (Å²) in [7, 11) is 0. The minimum atomic E-state index is -0.929. The summed E-state index contributed by atoms with van der Waals surface area (Å²) in [4.78, 5) is 37.6. The van der Waals surface area contributed by atoms with Crippen molar-refractivity contribution >= 4 is 17.5 Å². The second kappa shape index (κ2) is 6.65. The minimum Gasteiger partial charge on any atom is -0.427 e. The maximum Gasteiger partial charge on any atom is 0.308 e. The van der Waals surface area contributed by atoms with E-state index in [9.17, 15) is 14.4 Å². The molecule has 0 bridgehead atoms. The van der Waals surface area contributed by atoms with Crippen molar-refractivity contribution < 1.29 is 19.1 Å². The van der Waals surface area contributed by atoms with Gasteiger partial charge in [0.05, 0.1) is 0 Å². The Hall–Kier alpha value is -3.53. The van der Waals surface area contributed by atoms with Crippen molar-refractivity contribution in [3.63, 3.8) is 0 Å². The number of hydrogen-bond donors (Lipinski definition) is 0. The van der Waals surface area contributed by atoms with Crippen molar-refractivity contribution in [2.45, 2.75) is 12.8 Å². The molecule has 132 valence electrons. The maximum absolute atomic E-state index is 13.3. The molecule has 0 spiro atoms. The fourth-order valence-electron chi connectivity index (χ4n) is 3.49. The van der Waals surface area contributed by atoms with E-state index in [-0.39, 0.29) is 11.6 Å². The van der Waals surface area contributed by atoms with Crippen LogP contribution in [0, 0.1) is 0 Å². The van der Waals surface area contributed by atoms with Crippen molar-refractivity contribution in [3.8, 4) is 16.9 Å². The van der Waals surface area contributed by atoms with Crippen molar-refractivity contribution in [1.29, 1.82) is 0 Å². The van der Waals surface area contributed by atoms with Gasteiger partial charge < -0.3 is 4.74 Å². The van der Waals surface area contributed by atoms with Gasteiger partial charge in [-0.3, -0.25) is 14.4 Å². The third-order valence-electron chi connectivity index (χ3n) is 4.67. The van der Waals surface area contributed by atoms with Gasteiger partial charge in [0.2, 0.25) is 0 Å². The fourth-order valence-corrected chi connectivity index (χ4v) is 3.49. The Bertz CT molecular complexity index is 1010. The molecule has 0 fully saturated rings. The Balaban J connectivity index is 1.86. The number of Topliss-reactive ketones (excluding diaryl/α,β-unsaturated/α-hetero) is 2. The van der Waals surface area contributed by atoms with Crippen LogP contribution in [0.1, 0.15) is 39.1 Å². The molecule has 0 radical (unpaired) electrons. The summed E-state index contributed by atoms with van der Waals surface area (Å²) in [5.74, 6) is -1.44. The molecule has 3 aromatic rings. The van der Waals surface area contributed by atoms with Gasteiger partial charge >= 0.3 is 5.97 Å². The molecular weight excluding hydrogens is 340 g/mol. The molecule has 1 aliphatic rings. The van der Waals surface area contributed by atoms with Gasteiger partial charge in [-0.1, -0.05) is 60.7 Å². The lowest BCUT2D eigenvalue weighted by atomic mass is 9.86. The normalized spacial score (nSPS) is 13.5. The van der Waals surface area contributed by atoms with E-state index in [1.807, 2.05) is 24.3 Å². The van der Waals surface area contributed by atoms with Crippen LogP contribution < -0.4 is 4.74 Å². The average molecular weight is 356 g/mol. The lowest BCUT2D eigenvalue weighted by Crippen LogP contribution is -2.21. The summed E-state index contributed by atoms with van der Waals surface area (Å²) in [6.45, 7) is 1.32. The predicted octanol–water partition coefficient (Wildman–Crippen LogP) is 4.44. The number of rotatable bonds is 2. The molecule has 27 heavy (non-hydrogen) atoms. The number of ketones is 2. The van der Waals surface area contributed by atoms with Gasteiger partial charge in [-0.15, -0.1) is 0 Å². The van der Waals surface area contributed by atoms with Crippen molar-refractivity contribution in [1.82, 2.24) is 0 Å². The molecule has 0 aliphatic heterocycles. The number of esters is 1. The SMILES string of the molecule is CC(=O)Oc1ccc(C2C(=O)c3ccccc3-c3ccccc3C2=O)cc1. The van der Waals surface area contributed by atoms with Crippen LogP contribution in [0.25, 0.3) is 11.1 Å². The molecule has 0 amide bonds. The van der Waals surface area contributed by atoms with Crippen LogP contribution in [0.3, 0.4) is 0 Å². The number of hydrogen-bond acceptors (Lipinski definition) is 4. The number of ether oxygens (including phenoxy) is 1. The molecule has 0 saturated heterocycles. The Morgan fingerprint density at radius 3 is 1.59 bits per heavy atom. The van der Waals surface area contributed by atoms with Crippen LogP contribution in [0.5, 0.6) is 5.75 Å². The van der Waals surface area contributed by atoms with E-state index >= 15 is 0 Å². The van der Waals surface area contributed by atoms with Crippen LogP contribution in [-0.2, 0) is 4.79 Å². The molecule has 4 heteroatoms. The topological polar surface area (TPSA) is 60.4 Å². The second-order valence-electron chi connectivity index (χ2n) is 6.42. The lowest BCUT2D eigenvalue weighted by molar-refractivity contribution is -0.131. The first kappa shape index (κ1) is 16.9. The Labute approximate surface area is 156 Å². The molecule has 4 rings (SSSR count). The van der Waals surface area contributed by atoms with Crippen LogP contribution in [0.4, 0.5) is 0 Å². The van der Waals surface area contributed by atoms with Gasteiger partial charge in [0, 0.05) is 18.1 Å². The first-order chi connectivity index (χ1) is 13.1. The number of carbonyl (C=O) groups is 3. The van der Waals surface area contributed by atoms with E-state index in [4.69, 9.17) is 4.74 Å². The van der Waals surface area contributed by atoms with Crippen molar-refractivity contribution in [2.24, 2.45) is 0 Å². The van der Waals surface area contributed by atoms with Gasteiger partial charge in [-0.05, 0) is 28.8 Å². The van der Waals surface area contributed by atoms with Crippen molar-refractivity contribution in [2.75, 3.05) is 0 Å². The van der Waals surface area contributed by atoms with Crippen molar-refractivity contribution in [3.05, 3.63) is 89.5 Å². The highest BCUT2D eigenvalue weighted by Crippen LogP contribution is 2.38. The Kier molecular flexibility index (Phi) is 4.16. The van der Waals surface area contributed by atoms with Gasteiger partial charge in [-0.25, -0.2) is 0 Å². The number of carbonyl (C=O) groups excluding carboxylic acids is 3. The monoisotopic (exact) mass is 356 g/mol. The zero-order valence-electron chi connectivity index (χ0n) is 14.6. The fraction of sp³-hybridized carbons (Fsp3) is 0.0870. The molecule has 0 atom stereocenters. The molecule has 0 aromatic heterocycles. The first-order valence-corrected chi connectivity index (χ1v) is 8.61. The molecular formula is C23H16O4. The van der Waals surface area contributed by atoms with E-state index < -0.39 is 11.9 Å². The van der Waals surface area contributed by atoms with Gasteiger partial charge in [0.15, 0.2) is 11.6 Å². The molecule has 0 N–H and O–H groups in total. The van der Waals surface area contributed by atoms with E-state index in [0.717, 1.165) is 11.1 Å². The van der Waals surface area contributed by atoms with Crippen LogP contribution in [0.2, 0.25) is 0 Å². The standard InChI is InChI=1S/C23H16O4/c1-14(24)27-16-12-10-15(11-13-16)21-22(25)19-8-4-2-6-17(19)18-7-3-5-9-20(18)23(21)26/h2-13,21H,1H3. The summed E-state index contributed by atoms with van der Waals surface area (Å²) in [5, 5.41) is 0. The highest BCUT2D eigenvalue weighted by atomic mass is 16.5. The zero-order valence-corrected chi connectivity index (χ0v) is 14.6. The van der Waals surface area contributed by atoms with E-state index in [2.05, 4.69) is 0 Å². The number of benzene rings is 3. The van der Waals surface area contributed by atoms with E-state index in [1.165, 1.54) is 6.92 Å². The summed E-state index contributed by atoms with van der Waals surface area (Å²) >= 11 is 0. The highest BCUT2D eigenvalue weighted by Gasteiger charge is 2.35. The average Bonchev–Trinajstić information content (AvgIpc) is 2.77. The quantitative estimate of drug-likeness (QED) is 0.387. The van der Waals surface area contributed by atoms with Crippen LogP contribution >= 0.6 is 0 Å². The smallest absolute Gasteiger partial charge is 0.308 e. The third-order valence-corrected chi connectivity index (χ3v) is 4.67. The number of fused-ring (bicyclic) bond motifs is 3. The largest absolute Gasteiger partial charge is 0.427 e. The first-order valence-electron chi connectivity index (χ1n) is 8.61. The van der Waals surface area contributed by atoms with Gasteiger partial charge in [0.1, 0.15) is 11.7 Å². The van der Waals surface area contributed by atoms with Crippen LogP contribution in [-0.4, -0.2) is 17.5 Å². The summed E-state index contributed by atoms with van der Waals surface area (Å²) in [6, 6.07) is 21.1. The van der Waals surface area contributed by atoms with Crippen LogP contribution in [0.15, 0.2) is 72.8 Å². The minimum absolute atomic E-state index is 0.230. The molecule has 0 heterocycles. The Morgan fingerprint density at radius 2 is 1.15 bits per heavy atom. The third kappa shape index (κ3) is 2.95. The van der Waals surface area contributed by atoms with Gasteiger partial charge in [-0.2, -0.15) is 0 Å². The molecule has 0 unspecified atom stereocenters. The Morgan fingerprint density at radius 1 is 0.704 bits per heavy atom. The molecule has 1 aliphatic carbocycles. The molecule has 0 saturated carbocycles.